The molecule has 216 valence electrons. The Morgan fingerprint density at radius 1 is 1.05 bits per heavy atom. The molecule has 4 rings (SSSR count). The molecule has 3 N–H and O–H groups in total. The second kappa shape index (κ2) is 11.8. The molecule has 3 saturated carbocycles. The van der Waals surface area contributed by atoms with Crippen molar-refractivity contribution in [2.24, 2.45) is 51.6 Å². The Hall–Kier alpha value is -1.16. The number of unbranched alkanes of at least 4 members (excludes halogenated alkanes) is 3. The maximum atomic E-state index is 12.8. The minimum absolute atomic E-state index is 0.132. The van der Waals surface area contributed by atoms with Crippen molar-refractivity contribution < 1.29 is 14.7 Å². The molecule has 0 aromatic rings. The lowest BCUT2D eigenvalue weighted by molar-refractivity contribution is -0.142. The van der Waals surface area contributed by atoms with Crippen molar-refractivity contribution >= 4 is 11.7 Å². The van der Waals surface area contributed by atoms with Gasteiger partial charge in [0.1, 0.15) is 0 Å². The molecule has 0 aliphatic heterocycles. The van der Waals surface area contributed by atoms with Crippen LogP contribution in [0, 0.1) is 45.8 Å². The van der Waals surface area contributed by atoms with Gasteiger partial charge in [-0.05, 0) is 105 Å². The fraction of sp³-hybridized carbons (Fsp3) is 0.882. The van der Waals surface area contributed by atoms with Crippen LogP contribution in [-0.4, -0.2) is 22.9 Å². The topological polar surface area (TPSA) is 80.4 Å². The number of carbonyl (C=O) groups is 2. The average Bonchev–Trinajstić information content (AvgIpc) is 3.24. The molecule has 4 nitrogen and oxygen atoms in total. The fourth-order valence-electron chi connectivity index (χ4n) is 10.2. The van der Waals surface area contributed by atoms with E-state index in [1.165, 1.54) is 44.9 Å². The smallest absolute Gasteiger partial charge is 0.285 e. The first-order chi connectivity index (χ1) is 18.0. The molecule has 38 heavy (non-hydrogen) atoms. The zero-order valence-corrected chi connectivity index (χ0v) is 25.2. The molecule has 1 amide bonds. The summed E-state index contributed by atoms with van der Waals surface area (Å²) in [5, 5.41) is 10.3. The summed E-state index contributed by atoms with van der Waals surface area (Å²) < 4.78 is 0. The monoisotopic (exact) mass is 527 g/mol. The van der Waals surface area contributed by atoms with Crippen LogP contribution in [0.4, 0.5) is 0 Å². The molecule has 9 atom stereocenters. The highest BCUT2D eigenvalue weighted by Gasteiger charge is 2.59. The Kier molecular flexibility index (Phi) is 9.22. The molecular formula is C34H57NO3. The van der Waals surface area contributed by atoms with Gasteiger partial charge in [-0.1, -0.05) is 84.8 Å². The van der Waals surface area contributed by atoms with E-state index in [9.17, 15) is 14.7 Å². The minimum Gasteiger partial charge on any atom is -0.393 e. The van der Waals surface area contributed by atoms with Gasteiger partial charge < -0.3 is 10.8 Å². The summed E-state index contributed by atoms with van der Waals surface area (Å²) in [6, 6.07) is 0. The van der Waals surface area contributed by atoms with Gasteiger partial charge >= 0.3 is 0 Å². The summed E-state index contributed by atoms with van der Waals surface area (Å²) in [6.45, 7) is 11.8. The van der Waals surface area contributed by atoms with E-state index in [0.29, 0.717) is 16.7 Å². The van der Waals surface area contributed by atoms with E-state index in [-0.39, 0.29) is 11.9 Å². The minimum atomic E-state index is -0.759. The van der Waals surface area contributed by atoms with E-state index in [1.807, 2.05) is 6.92 Å². The Labute approximate surface area is 233 Å². The first kappa shape index (κ1) is 29.8. The zero-order chi connectivity index (χ0) is 27.7. The molecular weight excluding hydrogens is 470 g/mol. The molecule has 0 saturated heterocycles. The van der Waals surface area contributed by atoms with Gasteiger partial charge in [-0.25, -0.2) is 0 Å². The molecule has 0 bridgehead atoms. The summed E-state index contributed by atoms with van der Waals surface area (Å²) >= 11 is 0. The number of fused-ring (bicyclic) bond motifs is 5. The number of Topliss-reactive ketones (excluding diaryl/α,β-unsaturated/α-hetero) is 1. The lowest BCUT2D eigenvalue weighted by atomic mass is 9.47. The second-order valence-electron chi connectivity index (χ2n) is 14.8. The van der Waals surface area contributed by atoms with Gasteiger partial charge in [-0.3, -0.25) is 9.59 Å². The number of amides is 1. The van der Waals surface area contributed by atoms with Crippen LogP contribution in [0.5, 0.6) is 0 Å². The predicted molar refractivity (Wildman–Crippen MR) is 155 cm³/mol. The van der Waals surface area contributed by atoms with E-state index in [1.54, 1.807) is 5.57 Å². The van der Waals surface area contributed by atoms with Gasteiger partial charge in [-0.2, -0.15) is 0 Å². The molecule has 4 aliphatic carbocycles. The van der Waals surface area contributed by atoms with Crippen LogP contribution >= 0.6 is 0 Å². The molecule has 0 spiro atoms. The van der Waals surface area contributed by atoms with Crippen molar-refractivity contribution in [3.63, 3.8) is 0 Å². The largest absolute Gasteiger partial charge is 0.393 e. The number of carbonyl (C=O) groups excluding carboxylic acids is 2. The summed E-state index contributed by atoms with van der Waals surface area (Å²) in [7, 11) is 0. The zero-order valence-electron chi connectivity index (χ0n) is 25.2. The number of rotatable bonds is 12. The Morgan fingerprint density at radius 2 is 1.79 bits per heavy atom. The highest BCUT2D eigenvalue weighted by Crippen LogP contribution is 2.67. The third kappa shape index (κ3) is 5.54. The molecule has 0 heterocycles. The standard InChI is InChI=1S/C34H57NO3/c1-6-7-8-9-18-32(3,30(37)31(35)38)19-10-11-23(2)27-14-15-28-26-13-12-24-22-25(36)16-20-33(24,4)29(26)17-21-34(27,28)5/h12,23,25-29,36H,6-11,13-22H2,1-5H3,(H2,35,38)/t23?,25-,26-,27+,28-,29-,32?,33-,34+/m0/s1. The Morgan fingerprint density at radius 3 is 2.50 bits per heavy atom. The van der Waals surface area contributed by atoms with E-state index < -0.39 is 11.3 Å². The number of nitrogens with two attached hydrogens (primary N) is 1. The number of aliphatic hydroxyl groups excluding tert-OH is 1. The molecule has 2 unspecified atom stereocenters. The highest BCUT2D eigenvalue weighted by atomic mass is 16.3. The quantitative estimate of drug-likeness (QED) is 0.155. The Bertz CT molecular complexity index is 896. The highest BCUT2D eigenvalue weighted by molar-refractivity contribution is 6.37. The SMILES string of the molecule is CCCCCCC(C)(CCCC(C)[C@H]1CC[C@H]2[C@@H]3CC=C4C[C@@H](O)CC[C@]4(C)[C@H]3CC[C@]12C)C(=O)C(N)=O. The van der Waals surface area contributed by atoms with Gasteiger partial charge in [-0.15, -0.1) is 0 Å². The van der Waals surface area contributed by atoms with Crippen LogP contribution in [0.25, 0.3) is 0 Å². The van der Waals surface area contributed by atoms with Crippen LogP contribution in [0.2, 0.25) is 0 Å². The number of hydrogen-bond acceptors (Lipinski definition) is 3. The van der Waals surface area contributed by atoms with E-state index in [2.05, 4.69) is 33.8 Å². The van der Waals surface area contributed by atoms with Crippen molar-refractivity contribution in [2.45, 2.75) is 143 Å². The summed E-state index contributed by atoms with van der Waals surface area (Å²) in [5.41, 5.74) is 7.17. The summed E-state index contributed by atoms with van der Waals surface area (Å²) in [6.07, 6.45) is 20.2. The molecule has 3 fully saturated rings. The van der Waals surface area contributed by atoms with Crippen molar-refractivity contribution in [3.8, 4) is 0 Å². The van der Waals surface area contributed by atoms with Crippen LogP contribution in [0.1, 0.15) is 137 Å². The molecule has 4 heteroatoms. The van der Waals surface area contributed by atoms with Gasteiger partial charge in [0, 0.05) is 5.41 Å². The molecule has 4 aliphatic rings. The summed E-state index contributed by atoms with van der Waals surface area (Å²) in [5.74, 6) is 2.68. The van der Waals surface area contributed by atoms with E-state index in [4.69, 9.17) is 5.73 Å². The van der Waals surface area contributed by atoms with Crippen LogP contribution in [0.3, 0.4) is 0 Å². The lowest BCUT2D eigenvalue weighted by Crippen LogP contribution is -2.50. The average molecular weight is 528 g/mol. The first-order valence-corrected chi connectivity index (χ1v) is 16.2. The van der Waals surface area contributed by atoms with Crippen molar-refractivity contribution in [1.82, 2.24) is 0 Å². The molecule has 0 aromatic carbocycles. The van der Waals surface area contributed by atoms with Crippen molar-refractivity contribution in [3.05, 3.63) is 11.6 Å². The number of aliphatic hydroxyl groups is 1. The lowest BCUT2D eigenvalue weighted by Gasteiger charge is -2.58. The predicted octanol–water partition coefficient (Wildman–Crippen LogP) is 7.76. The third-order valence-electron chi connectivity index (χ3n) is 12.6. The number of hydrogen-bond donors (Lipinski definition) is 2. The molecule has 0 radical (unpaired) electrons. The second-order valence-corrected chi connectivity index (χ2v) is 14.8. The maximum absolute atomic E-state index is 12.8. The van der Waals surface area contributed by atoms with Crippen LogP contribution < -0.4 is 5.73 Å². The van der Waals surface area contributed by atoms with Crippen molar-refractivity contribution in [1.29, 1.82) is 0 Å². The van der Waals surface area contributed by atoms with Crippen LogP contribution in [-0.2, 0) is 9.59 Å². The van der Waals surface area contributed by atoms with Gasteiger partial charge in [0.15, 0.2) is 0 Å². The summed E-state index contributed by atoms with van der Waals surface area (Å²) in [4.78, 5) is 24.6. The van der Waals surface area contributed by atoms with Crippen LogP contribution in [0.15, 0.2) is 11.6 Å². The first-order valence-electron chi connectivity index (χ1n) is 16.2. The van der Waals surface area contributed by atoms with E-state index >= 15 is 0 Å². The maximum Gasteiger partial charge on any atom is 0.285 e. The Balaban J connectivity index is 1.38. The number of allylic oxidation sites excluding steroid dienone is 1. The fourth-order valence-corrected chi connectivity index (χ4v) is 10.2. The van der Waals surface area contributed by atoms with Gasteiger partial charge in [0.2, 0.25) is 5.78 Å². The number of ketones is 1. The number of primary amides is 1. The normalized spacial score (nSPS) is 38.8. The van der Waals surface area contributed by atoms with Crippen molar-refractivity contribution in [2.75, 3.05) is 0 Å². The third-order valence-corrected chi connectivity index (χ3v) is 12.6. The molecule has 0 aromatic heterocycles. The van der Waals surface area contributed by atoms with E-state index in [0.717, 1.165) is 81.5 Å². The van der Waals surface area contributed by atoms with Gasteiger partial charge in [0.05, 0.1) is 6.10 Å². The van der Waals surface area contributed by atoms with Gasteiger partial charge in [0.25, 0.3) is 5.91 Å².